The Morgan fingerprint density at radius 3 is 2.70 bits per heavy atom. The van der Waals surface area contributed by atoms with E-state index in [0.29, 0.717) is 25.8 Å². The van der Waals surface area contributed by atoms with Crippen LogP contribution in [0.5, 0.6) is 0 Å². The molecule has 0 aliphatic heterocycles. The van der Waals surface area contributed by atoms with E-state index in [-0.39, 0.29) is 17.9 Å². The summed E-state index contributed by atoms with van der Waals surface area (Å²) >= 11 is 14.8. The maximum Gasteiger partial charge on any atom is 0.268 e. The summed E-state index contributed by atoms with van der Waals surface area (Å²) < 4.78 is 1.59. The van der Waals surface area contributed by atoms with E-state index in [9.17, 15) is 9.59 Å². The lowest BCUT2D eigenvalue weighted by Crippen LogP contribution is -2.25. The second-order valence-corrected chi connectivity index (χ2v) is 5.74. The smallest absolute Gasteiger partial charge is 0.268 e. The summed E-state index contributed by atoms with van der Waals surface area (Å²) in [7, 11) is 0. The summed E-state index contributed by atoms with van der Waals surface area (Å²) in [4.78, 5) is 28.1. The van der Waals surface area contributed by atoms with Crippen LogP contribution in [0.3, 0.4) is 0 Å². The highest BCUT2D eigenvalue weighted by atomic mass is 79.9. The van der Waals surface area contributed by atoms with Gasteiger partial charge in [0, 0.05) is 5.56 Å². The Labute approximate surface area is 133 Å². The van der Waals surface area contributed by atoms with E-state index in [1.54, 1.807) is 19.1 Å². The summed E-state index contributed by atoms with van der Waals surface area (Å²) in [6.45, 7) is 1.60. The number of Topliss-reactive ketones (excluding diaryl/α,β-unsaturated/α-hetero) is 1. The van der Waals surface area contributed by atoms with E-state index in [0.717, 1.165) is 0 Å². The Balaban J connectivity index is 2.30. The van der Waals surface area contributed by atoms with Gasteiger partial charge in [-0.25, -0.2) is 4.98 Å². The van der Waals surface area contributed by atoms with Gasteiger partial charge in [-0.2, -0.15) is 0 Å². The largest absolute Gasteiger partial charge is 0.292 e. The van der Waals surface area contributed by atoms with Crippen molar-refractivity contribution in [2.45, 2.75) is 13.5 Å². The average Bonchev–Trinajstić information content (AvgIpc) is 2.42. The number of hydrogen-bond acceptors (Lipinski definition) is 3. The van der Waals surface area contributed by atoms with Gasteiger partial charge in [0.2, 0.25) is 0 Å². The minimum atomic E-state index is -0.300. The van der Waals surface area contributed by atoms with E-state index < -0.39 is 0 Å². The van der Waals surface area contributed by atoms with Gasteiger partial charge in [0.15, 0.2) is 5.78 Å². The first-order valence-electron chi connectivity index (χ1n) is 5.60. The molecule has 2 aromatic rings. The first kappa shape index (κ1) is 15.2. The molecule has 20 heavy (non-hydrogen) atoms. The third-order valence-corrected chi connectivity index (χ3v) is 4.36. The van der Waals surface area contributed by atoms with Crippen LogP contribution in [0.1, 0.15) is 16.1 Å². The molecule has 1 aromatic carbocycles. The van der Waals surface area contributed by atoms with Crippen LogP contribution in [0.4, 0.5) is 0 Å². The zero-order chi connectivity index (χ0) is 14.9. The third kappa shape index (κ3) is 3.11. The van der Waals surface area contributed by atoms with Crippen LogP contribution in [-0.2, 0) is 6.54 Å². The van der Waals surface area contributed by atoms with E-state index in [1.807, 2.05) is 0 Å². The Kier molecular flexibility index (Phi) is 4.62. The lowest BCUT2D eigenvalue weighted by molar-refractivity contribution is 0.0970. The lowest BCUT2D eigenvalue weighted by Gasteiger charge is -2.07. The van der Waals surface area contributed by atoms with Crippen molar-refractivity contribution in [3.63, 3.8) is 0 Å². The van der Waals surface area contributed by atoms with Crippen molar-refractivity contribution in [2.24, 2.45) is 0 Å². The van der Waals surface area contributed by atoms with Gasteiger partial charge in [-0.15, -0.1) is 0 Å². The predicted molar refractivity (Wildman–Crippen MR) is 81.7 cm³/mol. The quantitative estimate of drug-likeness (QED) is 0.771. The van der Waals surface area contributed by atoms with Crippen molar-refractivity contribution in [1.29, 1.82) is 0 Å². The topological polar surface area (TPSA) is 52.0 Å². The molecule has 1 heterocycles. The highest BCUT2D eigenvalue weighted by Gasteiger charge is 2.12. The molecule has 0 N–H and O–H groups in total. The first-order valence-corrected chi connectivity index (χ1v) is 7.15. The molecule has 0 saturated heterocycles. The van der Waals surface area contributed by atoms with Gasteiger partial charge < -0.3 is 0 Å². The number of carbonyl (C=O) groups is 1. The highest BCUT2D eigenvalue weighted by Crippen LogP contribution is 2.22. The van der Waals surface area contributed by atoms with E-state index >= 15 is 0 Å². The summed E-state index contributed by atoms with van der Waals surface area (Å²) in [6.07, 6.45) is 1.35. The normalized spacial score (nSPS) is 10.6. The molecular formula is C13H9BrCl2N2O2. The van der Waals surface area contributed by atoms with Crippen molar-refractivity contribution in [1.82, 2.24) is 9.55 Å². The van der Waals surface area contributed by atoms with Crippen molar-refractivity contribution in [3.05, 3.63) is 60.7 Å². The van der Waals surface area contributed by atoms with Crippen molar-refractivity contribution >= 4 is 44.9 Å². The van der Waals surface area contributed by atoms with E-state index in [1.165, 1.54) is 17.0 Å². The van der Waals surface area contributed by atoms with Crippen molar-refractivity contribution in [2.75, 3.05) is 0 Å². The molecule has 2 rings (SSSR count). The zero-order valence-corrected chi connectivity index (χ0v) is 13.5. The van der Waals surface area contributed by atoms with Crippen LogP contribution in [0, 0.1) is 6.92 Å². The Hall–Kier alpha value is -1.17. The van der Waals surface area contributed by atoms with Gasteiger partial charge in [0.1, 0.15) is 4.47 Å². The number of rotatable bonds is 3. The summed E-state index contributed by atoms with van der Waals surface area (Å²) in [5.74, 6) is -0.247. The average molecular weight is 376 g/mol. The number of aryl methyl sites for hydroxylation is 1. The fourth-order valence-corrected chi connectivity index (χ4v) is 2.20. The second kappa shape index (κ2) is 6.08. The molecule has 0 amide bonds. The molecule has 104 valence electrons. The number of hydrogen-bond donors (Lipinski definition) is 0. The van der Waals surface area contributed by atoms with Gasteiger partial charge in [-0.3, -0.25) is 14.2 Å². The molecule has 0 fully saturated rings. The minimum Gasteiger partial charge on any atom is -0.292 e. The predicted octanol–water partition coefficient (Wildman–Crippen LogP) is 3.50. The van der Waals surface area contributed by atoms with Gasteiger partial charge in [-0.05, 0) is 41.1 Å². The number of benzene rings is 1. The Morgan fingerprint density at radius 2 is 2.05 bits per heavy atom. The molecule has 0 saturated carbocycles. The molecule has 0 atom stereocenters. The molecule has 0 spiro atoms. The zero-order valence-electron chi connectivity index (χ0n) is 10.4. The molecule has 7 heteroatoms. The molecule has 0 radical (unpaired) electrons. The van der Waals surface area contributed by atoms with Gasteiger partial charge >= 0.3 is 0 Å². The fraction of sp³-hybridized carbons (Fsp3) is 0.154. The Morgan fingerprint density at radius 1 is 1.35 bits per heavy atom. The number of nitrogens with zero attached hydrogens (tertiary/aromatic N) is 2. The summed E-state index contributed by atoms with van der Waals surface area (Å²) in [6, 6.07) is 4.59. The monoisotopic (exact) mass is 374 g/mol. The van der Waals surface area contributed by atoms with Crippen LogP contribution in [-0.4, -0.2) is 15.3 Å². The molecule has 0 bridgehead atoms. The SMILES string of the molecule is Cc1ncn(CC(=O)c2ccc(Cl)c(Cl)c2)c(=O)c1Br. The highest BCUT2D eigenvalue weighted by molar-refractivity contribution is 9.10. The standard InChI is InChI=1S/C13H9BrCl2N2O2/c1-7-12(14)13(20)18(6-17-7)5-11(19)8-2-3-9(15)10(16)4-8/h2-4,6H,5H2,1H3. The number of aromatic nitrogens is 2. The molecule has 0 unspecified atom stereocenters. The van der Waals surface area contributed by atoms with Gasteiger partial charge in [0.05, 0.1) is 28.6 Å². The van der Waals surface area contributed by atoms with Crippen LogP contribution >= 0.6 is 39.1 Å². The van der Waals surface area contributed by atoms with Crippen molar-refractivity contribution < 1.29 is 4.79 Å². The first-order chi connectivity index (χ1) is 9.40. The van der Waals surface area contributed by atoms with Crippen LogP contribution in [0.15, 0.2) is 33.8 Å². The number of halogens is 3. The maximum absolute atomic E-state index is 12.1. The molecule has 0 aliphatic carbocycles. The molecular weight excluding hydrogens is 367 g/mol. The lowest BCUT2D eigenvalue weighted by atomic mass is 10.1. The van der Waals surface area contributed by atoms with E-state index in [2.05, 4.69) is 20.9 Å². The summed E-state index contributed by atoms with van der Waals surface area (Å²) in [5.41, 5.74) is 0.669. The molecule has 4 nitrogen and oxygen atoms in total. The van der Waals surface area contributed by atoms with Gasteiger partial charge in [-0.1, -0.05) is 23.2 Å². The van der Waals surface area contributed by atoms with Crippen LogP contribution < -0.4 is 5.56 Å². The van der Waals surface area contributed by atoms with Crippen molar-refractivity contribution in [3.8, 4) is 0 Å². The van der Waals surface area contributed by atoms with E-state index in [4.69, 9.17) is 23.2 Å². The second-order valence-electron chi connectivity index (χ2n) is 4.13. The van der Waals surface area contributed by atoms with Gasteiger partial charge in [0.25, 0.3) is 5.56 Å². The summed E-state index contributed by atoms with van der Waals surface area (Å²) in [5, 5.41) is 0.674. The van der Waals surface area contributed by atoms with Crippen LogP contribution in [0.25, 0.3) is 0 Å². The third-order valence-electron chi connectivity index (χ3n) is 2.71. The molecule has 0 aliphatic rings. The fourth-order valence-electron chi connectivity index (χ4n) is 1.57. The maximum atomic E-state index is 12.1. The minimum absolute atomic E-state index is 0.108. The number of carbonyl (C=O) groups excluding carboxylic acids is 1. The number of ketones is 1. The Bertz CT molecular complexity index is 744. The molecule has 1 aromatic heterocycles. The van der Waals surface area contributed by atoms with Crippen LogP contribution in [0.2, 0.25) is 10.0 Å².